The van der Waals surface area contributed by atoms with Gasteiger partial charge >= 0.3 is 0 Å². The van der Waals surface area contributed by atoms with Crippen LogP contribution in [0.5, 0.6) is 11.5 Å². The van der Waals surface area contributed by atoms with E-state index in [-0.39, 0.29) is 0 Å². The molecule has 0 aliphatic rings. The number of hydrogen-bond acceptors (Lipinski definition) is 3. The predicted molar refractivity (Wildman–Crippen MR) is 87.9 cm³/mol. The molecule has 1 aromatic carbocycles. The average Bonchev–Trinajstić information content (AvgIpc) is 2.43. The maximum absolute atomic E-state index is 5.53. The lowest BCUT2D eigenvalue weighted by Gasteiger charge is -2.25. The largest absolute Gasteiger partial charge is 0.495 e. The summed E-state index contributed by atoms with van der Waals surface area (Å²) in [5.74, 6) is 1.69. The van der Waals surface area contributed by atoms with Crippen molar-refractivity contribution in [2.75, 3.05) is 27.8 Å². The van der Waals surface area contributed by atoms with Crippen LogP contribution in [0.2, 0.25) is 0 Å². The van der Waals surface area contributed by atoms with Gasteiger partial charge in [0.1, 0.15) is 16.0 Å². The Labute approximate surface area is 131 Å². The van der Waals surface area contributed by atoms with Gasteiger partial charge in [-0.15, -0.1) is 0 Å². The van der Waals surface area contributed by atoms with E-state index in [0.29, 0.717) is 5.41 Å². The zero-order chi connectivity index (χ0) is 15.2. The van der Waals surface area contributed by atoms with Crippen LogP contribution in [0.25, 0.3) is 0 Å². The van der Waals surface area contributed by atoms with Crippen LogP contribution < -0.4 is 14.8 Å². The quantitative estimate of drug-likeness (QED) is 0.772. The van der Waals surface area contributed by atoms with Gasteiger partial charge in [0.15, 0.2) is 0 Å². The van der Waals surface area contributed by atoms with Gasteiger partial charge in [0.2, 0.25) is 0 Å². The highest BCUT2D eigenvalue weighted by molar-refractivity contribution is 9.10. The molecule has 0 unspecified atom stereocenters. The first-order valence-electron chi connectivity index (χ1n) is 6.99. The van der Waals surface area contributed by atoms with Gasteiger partial charge in [-0.25, -0.2) is 0 Å². The Hall–Kier alpha value is -0.740. The molecule has 0 amide bonds. The highest BCUT2D eigenvalue weighted by Gasteiger charge is 2.19. The van der Waals surface area contributed by atoms with E-state index in [1.54, 1.807) is 14.2 Å². The molecule has 0 radical (unpaired) electrons. The first-order valence-corrected chi connectivity index (χ1v) is 7.78. The SMILES string of the molecule is CNCCC(C)(C)CCc1ccc(OC)c(Br)c1OC. The number of aryl methyl sites for hydroxylation is 1. The Morgan fingerprint density at radius 3 is 2.40 bits per heavy atom. The number of ether oxygens (including phenoxy) is 2. The van der Waals surface area contributed by atoms with Gasteiger partial charge in [-0.05, 0) is 65.8 Å². The fourth-order valence-corrected chi connectivity index (χ4v) is 2.93. The van der Waals surface area contributed by atoms with Gasteiger partial charge < -0.3 is 14.8 Å². The van der Waals surface area contributed by atoms with Crippen molar-refractivity contribution < 1.29 is 9.47 Å². The number of benzene rings is 1. The molecule has 1 N–H and O–H groups in total. The molecule has 0 heterocycles. The number of hydrogen-bond donors (Lipinski definition) is 1. The Balaban J connectivity index is 2.80. The lowest BCUT2D eigenvalue weighted by Crippen LogP contribution is -2.20. The van der Waals surface area contributed by atoms with Crippen LogP contribution in [0, 0.1) is 5.41 Å². The minimum absolute atomic E-state index is 0.320. The summed E-state index contributed by atoms with van der Waals surface area (Å²) in [6.07, 6.45) is 3.30. The fraction of sp³-hybridized carbons (Fsp3) is 0.625. The molecule has 0 atom stereocenters. The Morgan fingerprint density at radius 1 is 1.15 bits per heavy atom. The molecule has 114 valence electrons. The normalized spacial score (nSPS) is 11.5. The van der Waals surface area contributed by atoms with Crippen LogP contribution in [0.1, 0.15) is 32.3 Å². The number of halogens is 1. The van der Waals surface area contributed by atoms with Crippen LogP contribution in [0.4, 0.5) is 0 Å². The third-order valence-electron chi connectivity index (χ3n) is 3.69. The lowest BCUT2D eigenvalue weighted by atomic mass is 9.83. The van der Waals surface area contributed by atoms with E-state index in [1.807, 2.05) is 13.1 Å². The van der Waals surface area contributed by atoms with Crippen molar-refractivity contribution in [3.63, 3.8) is 0 Å². The molecule has 0 bridgehead atoms. The summed E-state index contributed by atoms with van der Waals surface area (Å²) in [5, 5.41) is 3.22. The van der Waals surface area contributed by atoms with Gasteiger partial charge in [-0.1, -0.05) is 19.9 Å². The standard InChI is InChI=1S/C16H26BrNO2/c1-16(2,10-11-18-3)9-8-12-6-7-13(19-4)14(17)15(12)20-5/h6-7,18H,8-11H2,1-5H3. The molecule has 0 saturated heterocycles. The minimum atomic E-state index is 0.320. The number of nitrogens with one attached hydrogen (secondary N) is 1. The summed E-state index contributed by atoms with van der Waals surface area (Å²) in [4.78, 5) is 0. The van der Waals surface area contributed by atoms with E-state index >= 15 is 0 Å². The van der Waals surface area contributed by atoms with Crippen molar-refractivity contribution in [2.45, 2.75) is 33.1 Å². The third-order valence-corrected chi connectivity index (χ3v) is 4.44. The predicted octanol–water partition coefficient (Wildman–Crippen LogP) is 4.03. The van der Waals surface area contributed by atoms with Crippen molar-refractivity contribution in [3.8, 4) is 11.5 Å². The van der Waals surface area contributed by atoms with Gasteiger partial charge in [0, 0.05) is 0 Å². The van der Waals surface area contributed by atoms with Crippen molar-refractivity contribution in [1.82, 2.24) is 5.32 Å². The molecule has 0 aliphatic heterocycles. The van der Waals surface area contributed by atoms with E-state index < -0.39 is 0 Å². The summed E-state index contributed by atoms with van der Waals surface area (Å²) in [6.45, 7) is 5.68. The van der Waals surface area contributed by atoms with Crippen molar-refractivity contribution in [1.29, 1.82) is 0 Å². The molecular formula is C16H26BrNO2. The van der Waals surface area contributed by atoms with Crippen molar-refractivity contribution in [2.24, 2.45) is 5.41 Å². The Morgan fingerprint density at radius 2 is 1.85 bits per heavy atom. The first-order chi connectivity index (χ1) is 9.45. The highest BCUT2D eigenvalue weighted by Crippen LogP contribution is 2.39. The van der Waals surface area contributed by atoms with Gasteiger partial charge in [0.05, 0.1) is 14.2 Å². The van der Waals surface area contributed by atoms with Gasteiger partial charge in [-0.2, -0.15) is 0 Å². The van der Waals surface area contributed by atoms with Crippen LogP contribution in [0.15, 0.2) is 16.6 Å². The maximum atomic E-state index is 5.53. The zero-order valence-electron chi connectivity index (χ0n) is 13.2. The lowest BCUT2D eigenvalue weighted by molar-refractivity contribution is 0.303. The monoisotopic (exact) mass is 343 g/mol. The van der Waals surface area contributed by atoms with E-state index in [1.165, 1.54) is 12.0 Å². The summed E-state index contributed by atoms with van der Waals surface area (Å²) in [6, 6.07) is 4.08. The number of methoxy groups -OCH3 is 2. The maximum Gasteiger partial charge on any atom is 0.139 e. The fourth-order valence-electron chi connectivity index (χ4n) is 2.21. The number of rotatable bonds is 8. The topological polar surface area (TPSA) is 30.5 Å². The highest BCUT2D eigenvalue weighted by atomic mass is 79.9. The molecule has 0 aliphatic carbocycles. The Bertz CT molecular complexity index is 433. The molecule has 3 nitrogen and oxygen atoms in total. The second-order valence-electron chi connectivity index (χ2n) is 5.79. The molecule has 0 fully saturated rings. The summed E-state index contributed by atoms with van der Waals surface area (Å²) in [7, 11) is 5.37. The second kappa shape index (κ2) is 7.89. The van der Waals surface area contributed by atoms with Crippen LogP contribution in [-0.2, 0) is 6.42 Å². The van der Waals surface area contributed by atoms with Crippen molar-refractivity contribution in [3.05, 3.63) is 22.2 Å². The molecule has 4 heteroatoms. The first kappa shape index (κ1) is 17.3. The van der Waals surface area contributed by atoms with Crippen LogP contribution in [-0.4, -0.2) is 27.8 Å². The van der Waals surface area contributed by atoms with Crippen molar-refractivity contribution >= 4 is 15.9 Å². The summed E-state index contributed by atoms with van der Waals surface area (Å²) in [5.41, 5.74) is 1.54. The van der Waals surface area contributed by atoms with Crippen LogP contribution in [0.3, 0.4) is 0 Å². The average molecular weight is 344 g/mol. The van der Waals surface area contributed by atoms with Crippen LogP contribution >= 0.6 is 15.9 Å². The summed E-state index contributed by atoms with van der Waals surface area (Å²) < 4.78 is 11.7. The summed E-state index contributed by atoms with van der Waals surface area (Å²) >= 11 is 3.55. The zero-order valence-corrected chi connectivity index (χ0v) is 14.8. The van der Waals surface area contributed by atoms with E-state index in [2.05, 4.69) is 41.2 Å². The van der Waals surface area contributed by atoms with E-state index in [0.717, 1.165) is 35.4 Å². The molecule has 20 heavy (non-hydrogen) atoms. The van der Waals surface area contributed by atoms with Gasteiger partial charge in [-0.3, -0.25) is 0 Å². The van der Waals surface area contributed by atoms with E-state index in [9.17, 15) is 0 Å². The minimum Gasteiger partial charge on any atom is -0.495 e. The molecule has 0 aromatic heterocycles. The van der Waals surface area contributed by atoms with E-state index in [4.69, 9.17) is 9.47 Å². The molecule has 0 spiro atoms. The smallest absolute Gasteiger partial charge is 0.139 e. The second-order valence-corrected chi connectivity index (χ2v) is 6.58. The third kappa shape index (κ3) is 4.67. The molecular weight excluding hydrogens is 318 g/mol. The van der Waals surface area contributed by atoms with Gasteiger partial charge in [0.25, 0.3) is 0 Å². The Kier molecular flexibility index (Phi) is 6.83. The molecule has 1 aromatic rings. The molecule has 1 rings (SSSR count). The molecule has 0 saturated carbocycles.